The van der Waals surface area contributed by atoms with Crippen molar-refractivity contribution in [2.75, 3.05) is 0 Å². The lowest BCUT2D eigenvalue weighted by Crippen LogP contribution is -2.39. The number of esters is 1. The van der Waals surface area contributed by atoms with Crippen LogP contribution < -0.4 is 0 Å². The van der Waals surface area contributed by atoms with Gasteiger partial charge in [-0.05, 0) is 17.1 Å². The molecule has 0 amide bonds. The molecule has 5 nitrogen and oxygen atoms in total. The third-order valence-corrected chi connectivity index (χ3v) is 3.39. The average Bonchev–Trinajstić information content (AvgIpc) is 2.37. The van der Waals surface area contributed by atoms with Crippen LogP contribution in [0.25, 0.3) is 0 Å². The minimum absolute atomic E-state index is 0.0151. The number of halogens is 1. The number of ether oxygens (including phenoxy) is 1. The Hall–Kier alpha value is -0.700. The van der Waals surface area contributed by atoms with Gasteiger partial charge in [-0.25, -0.2) is 4.79 Å². The molecule has 1 aliphatic rings. The van der Waals surface area contributed by atoms with Gasteiger partial charge in [0.15, 0.2) is 0 Å². The van der Waals surface area contributed by atoms with Crippen molar-refractivity contribution in [1.82, 2.24) is 0 Å². The Morgan fingerprint density at radius 2 is 2.30 bits per heavy atom. The fraction of sp³-hybridized carbons (Fsp3) is 0.500. The number of carbonyl (C=O) groups is 1. The SMILES string of the molecule is C[C@](O)(C=C[C@H]1CC=CC(=O)O1)[C@H](O)C[C@@H](O)/C=C\I. The van der Waals surface area contributed by atoms with Crippen molar-refractivity contribution < 1.29 is 24.9 Å². The zero-order chi connectivity index (χ0) is 15.2. The predicted octanol–water partition coefficient (Wildman–Crippen LogP) is 1.23. The van der Waals surface area contributed by atoms with Gasteiger partial charge < -0.3 is 20.1 Å². The lowest BCUT2D eigenvalue weighted by atomic mass is 9.93. The number of hydrogen-bond acceptors (Lipinski definition) is 5. The summed E-state index contributed by atoms with van der Waals surface area (Å²) in [5.74, 6) is -0.423. The van der Waals surface area contributed by atoms with Crippen molar-refractivity contribution in [3.63, 3.8) is 0 Å². The summed E-state index contributed by atoms with van der Waals surface area (Å²) in [5.41, 5.74) is -1.51. The predicted molar refractivity (Wildman–Crippen MR) is 83.2 cm³/mol. The van der Waals surface area contributed by atoms with E-state index >= 15 is 0 Å². The molecule has 6 heteroatoms. The van der Waals surface area contributed by atoms with E-state index in [9.17, 15) is 20.1 Å². The van der Waals surface area contributed by atoms with Gasteiger partial charge in [-0.1, -0.05) is 40.8 Å². The highest BCUT2D eigenvalue weighted by Gasteiger charge is 2.29. The fourth-order valence-corrected chi connectivity index (χ4v) is 2.18. The van der Waals surface area contributed by atoms with E-state index in [0.29, 0.717) is 6.42 Å². The molecule has 1 aliphatic heterocycles. The lowest BCUT2D eigenvalue weighted by Gasteiger charge is -2.27. The summed E-state index contributed by atoms with van der Waals surface area (Å²) in [7, 11) is 0. The monoisotopic (exact) mass is 394 g/mol. The molecule has 0 aromatic rings. The minimum atomic E-state index is -1.51. The molecule has 0 fully saturated rings. The van der Waals surface area contributed by atoms with E-state index in [2.05, 4.69) is 0 Å². The van der Waals surface area contributed by atoms with Crippen molar-refractivity contribution in [3.8, 4) is 0 Å². The molecule has 4 atom stereocenters. The van der Waals surface area contributed by atoms with Crippen molar-refractivity contribution in [1.29, 1.82) is 0 Å². The molecule has 3 N–H and O–H groups in total. The molecule has 0 unspecified atom stereocenters. The molecule has 0 spiro atoms. The number of aliphatic hydroxyl groups excluding tert-OH is 2. The van der Waals surface area contributed by atoms with E-state index in [-0.39, 0.29) is 6.42 Å². The van der Waals surface area contributed by atoms with E-state index in [1.165, 1.54) is 25.2 Å². The first-order valence-corrected chi connectivity index (χ1v) is 7.51. The van der Waals surface area contributed by atoms with Gasteiger partial charge in [-0.3, -0.25) is 0 Å². The van der Waals surface area contributed by atoms with E-state index in [4.69, 9.17) is 4.74 Å². The quantitative estimate of drug-likeness (QED) is 0.359. The average molecular weight is 394 g/mol. The Morgan fingerprint density at radius 3 is 2.90 bits per heavy atom. The Labute approximate surface area is 131 Å². The van der Waals surface area contributed by atoms with Gasteiger partial charge in [0, 0.05) is 18.9 Å². The molecule has 0 radical (unpaired) electrons. The van der Waals surface area contributed by atoms with Gasteiger partial charge in [0.1, 0.15) is 11.7 Å². The van der Waals surface area contributed by atoms with Crippen LogP contribution in [-0.4, -0.2) is 45.2 Å². The maximum Gasteiger partial charge on any atom is 0.331 e. The van der Waals surface area contributed by atoms with Crippen LogP contribution in [0.4, 0.5) is 0 Å². The Bertz CT molecular complexity index is 414. The maximum atomic E-state index is 11.1. The molecule has 1 heterocycles. The van der Waals surface area contributed by atoms with E-state index < -0.39 is 29.9 Å². The number of carbonyl (C=O) groups excluding carboxylic acids is 1. The van der Waals surface area contributed by atoms with E-state index in [0.717, 1.165) is 0 Å². The second kappa shape index (κ2) is 7.92. The second-order valence-electron chi connectivity index (χ2n) is 4.84. The Balaban J connectivity index is 2.59. The number of rotatable bonds is 6. The summed E-state index contributed by atoms with van der Waals surface area (Å²) in [6.07, 6.45) is 5.68. The molecular formula is C14H19IO5. The van der Waals surface area contributed by atoms with Gasteiger partial charge in [-0.2, -0.15) is 0 Å². The van der Waals surface area contributed by atoms with E-state index in [1.807, 2.05) is 22.6 Å². The van der Waals surface area contributed by atoms with Crippen LogP contribution in [-0.2, 0) is 9.53 Å². The molecule has 0 saturated carbocycles. The summed E-state index contributed by atoms with van der Waals surface area (Å²) >= 11 is 1.96. The molecule has 20 heavy (non-hydrogen) atoms. The largest absolute Gasteiger partial charge is 0.455 e. The number of hydrogen-bond donors (Lipinski definition) is 3. The van der Waals surface area contributed by atoms with Crippen LogP contribution in [0.1, 0.15) is 19.8 Å². The van der Waals surface area contributed by atoms with Crippen LogP contribution in [0.2, 0.25) is 0 Å². The third kappa shape index (κ3) is 5.74. The molecule has 0 aromatic carbocycles. The highest BCUT2D eigenvalue weighted by Crippen LogP contribution is 2.19. The van der Waals surface area contributed by atoms with Gasteiger partial charge >= 0.3 is 5.97 Å². The molecule has 0 aromatic heterocycles. The van der Waals surface area contributed by atoms with Crippen molar-refractivity contribution in [3.05, 3.63) is 34.5 Å². The minimum Gasteiger partial charge on any atom is -0.455 e. The highest BCUT2D eigenvalue weighted by atomic mass is 127. The first kappa shape index (κ1) is 17.4. The topological polar surface area (TPSA) is 87.0 Å². The van der Waals surface area contributed by atoms with Gasteiger partial charge in [-0.15, -0.1) is 0 Å². The first-order chi connectivity index (χ1) is 9.35. The second-order valence-corrected chi connectivity index (χ2v) is 5.55. The van der Waals surface area contributed by atoms with Crippen LogP contribution in [0.3, 0.4) is 0 Å². The molecule has 0 aliphatic carbocycles. The summed E-state index contributed by atoms with van der Waals surface area (Å²) in [4.78, 5) is 11.1. The fourth-order valence-electron chi connectivity index (χ4n) is 1.70. The Kier molecular flexibility index (Phi) is 6.87. The Morgan fingerprint density at radius 1 is 1.60 bits per heavy atom. The summed E-state index contributed by atoms with van der Waals surface area (Å²) in [6.45, 7) is 1.44. The summed E-state index contributed by atoms with van der Waals surface area (Å²) < 4.78 is 6.66. The lowest BCUT2D eigenvalue weighted by molar-refractivity contribution is -0.141. The smallest absolute Gasteiger partial charge is 0.331 e. The molecule has 0 bridgehead atoms. The van der Waals surface area contributed by atoms with Crippen LogP contribution in [0.5, 0.6) is 0 Å². The van der Waals surface area contributed by atoms with Crippen molar-refractivity contribution in [2.45, 2.75) is 43.7 Å². The van der Waals surface area contributed by atoms with Gasteiger partial charge in [0.2, 0.25) is 0 Å². The standard InChI is InChI=1S/C14H19IO5/c1-14(19,12(17)9-10(16)6-8-15)7-5-11-3-2-4-13(18)20-11/h2,4-8,10-12,16-17,19H,3,9H2,1H3/b7-5?,8-6-/t10-,11+,12+,14-/m0/s1. The van der Waals surface area contributed by atoms with E-state index in [1.54, 1.807) is 16.2 Å². The molecular weight excluding hydrogens is 375 g/mol. The van der Waals surface area contributed by atoms with Crippen molar-refractivity contribution >= 4 is 28.6 Å². The highest BCUT2D eigenvalue weighted by molar-refractivity contribution is 14.1. The maximum absolute atomic E-state index is 11.1. The van der Waals surface area contributed by atoms with Crippen LogP contribution in [0, 0.1) is 0 Å². The third-order valence-electron chi connectivity index (χ3n) is 2.97. The molecule has 0 saturated heterocycles. The zero-order valence-corrected chi connectivity index (χ0v) is 13.3. The zero-order valence-electron chi connectivity index (χ0n) is 11.1. The number of cyclic esters (lactones) is 1. The van der Waals surface area contributed by atoms with Crippen LogP contribution >= 0.6 is 22.6 Å². The number of aliphatic hydroxyl groups is 3. The van der Waals surface area contributed by atoms with Crippen LogP contribution in [0.15, 0.2) is 34.5 Å². The summed E-state index contributed by atoms with van der Waals surface area (Å²) in [5, 5.41) is 29.7. The van der Waals surface area contributed by atoms with Crippen molar-refractivity contribution in [2.24, 2.45) is 0 Å². The van der Waals surface area contributed by atoms with Gasteiger partial charge in [0.25, 0.3) is 0 Å². The molecule has 1 rings (SSSR count). The normalized spacial score (nSPS) is 25.6. The van der Waals surface area contributed by atoms with Gasteiger partial charge in [0.05, 0.1) is 12.2 Å². The molecule has 112 valence electrons. The summed E-state index contributed by atoms with van der Waals surface area (Å²) in [6, 6.07) is 0. The first-order valence-electron chi connectivity index (χ1n) is 6.27.